The number of hydrogen-bond donors (Lipinski definition) is 1. The van der Waals surface area contributed by atoms with Crippen molar-refractivity contribution in [3.8, 4) is 0 Å². The van der Waals surface area contributed by atoms with E-state index in [2.05, 4.69) is 15.7 Å². The molecule has 0 unspecified atom stereocenters. The minimum Gasteiger partial charge on any atom is -0.352 e. The lowest BCUT2D eigenvalue weighted by Gasteiger charge is -2.31. The Bertz CT molecular complexity index is 903. The van der Waals surface area contributed by atoms with Crippen LogP contribution >= 0.6 is 11.3 Å². The number of rotatable bonds is 3. The molecule has 1 N–H and O–H groups in total. The first-order valence-corrected chi connectivity index (χ1v) is 10.5. The molecule has 0 saturated heterocycles. The fourth-order valence-corrected chi connectivity index (χ4v) is 5.31. The van der Waals surface area contributed by atoms with Crippen LogP contribution in [0.2, 0.25) is 0 Å². The van der Waals surface area contributed by atoms with Crippen LogP contribution in [0.5, 0.6) is 0 Å². The highest BCUT2D eigenvalue weighted by Gasteiger charge is 2.28. The number of aromatic nitrogens is 1. The van der Waals surface area contributed by atoms with E-state index in [9.17, 15) is 9.59 Å². The standard InChI is InChI=1S/C21H25N3O2S/c1-13-18(10-23-14(2)25)16-7-8-24(11-15(16)9-22-13)21(26)19-12-27-20-6-4-3-5-17(19)20/h9,12H,3-8,10-11H2,1-2H3,(H,23,25). The summed E-state index contributed by atoms with van der Waals surface area (Å²) in [5.74, 6) is 0.117. The smallest absolute Gasteiger partial charge is 0.255 e. The molecule has 27 heavy (non-hydrogen) atoms. The molecule has 0 aromatic carbocycles. The second-order valence-corrected chi connectivity index (χ2v) is 8.43. The van der Waals surface area contributed by atoms with Crippen LogP contribution in [0.15, 0.2) is 11.6 Å². The van der Waals surface area contributed by atoms with Gasteiger partial charge in [-0.05, 0) is 61.3 Å². The van der Waals surface area contributed by atoms with Gasteiger partial charge >= 0.3 is 0 Å². The Labute approximate surface area is 163 Å². The third-order valence-electron chi connectivity index (χ3n) is 5.69. The van der Waals surface area contributed by atoms with Gasteiger partial charge in [0.15, 0.2) is 0 Å². The Morgan fingerprint density at radius 2 is 2.04 bits per heavy atom. The van der Waals surface area contributed by atoms with Crippen LogP contribution < -0.4 is 5.32 Å². The molecule has 0 atom stereocenters. The van der Waals surface area contributed by atoms with Crippen molar-refractivity contribution in [1.29, 1.82) is 0 Å². The summed E-state index contributed by atoms with van der Waals surface area (Å²) in [7, 11) is 0. The lowest BCUT2D eigenvalue weighted by Crippen LogP contribution is -2.37. The van der Waals surface area contributed by atoms with Gasteiger partial charge in [0, 0.05) is 48.7 Å². The molecule has 2 aliphatic rings. The zero-order valence-corrected chi connectivity index (χ0v) is 16.7. The summed E-state index contributed by atoms with van der Waals surface area (Å²) in [6.07, 6.45) is 7.27. The molecule has 0 bridgehead atoms. The van der Waals surface area contributed by atoms with Gasteiger partial charge in [-0.15, -0.1) is 11.3 Å². The van der Waals surface area contributed by atoms with Gasteiger partial charge in [0.2, 0.25) is 5.91 Å². The van der Waals surface area contributed by atoms with Crippen LogP contribution in [-0.4, -0.2) is 28.2 Å². The van der Waals surface area contributed by atoms with E-state index in [1.54, 1.807) is 11.3 Å². The van der Waals surface area contributed by atoms with E-state index in [1.807, 2.05) is 18.0 Å². The molecule has 1 aliphatic carbocycles. The van der Waals surface area contributed by atoms with Gasteiger partial charge in [-0.1, -0.05) is 0 Å². The maximum atomic E-state index is 13.2. The molecular formula is C21H25N3O2S. The average Bonchev–Trinajstić information content (AvgIpc) is 3.10. The molecule has 3 heterocycles. The van der Waals surface area contributed by atoms with Crippen LogP contribution in [0.25, 0.3) is 0 Å². The van der Waals surface area contributed by atoms with Crippen LogP contribution in [0.4, 0.5) is 0 Å². The predicted molar refractivity (Wildman–Crippen MR) is 106 cm³/mol. The van der Waals surface area contributed by atoms with Gasteiger partial charge in [0.05, 0.1) is 5.56 Å². The molecule has 2 aromatic rings. The summed E-state index contributed by atoms with van der Waals surface area (Å²) < 4.78 is 0. The second-order valence-electron chi connectivity index (χ2n) is 7.47. The first-order chi connectivity index (χ1) is 13.0. The first-order valence-electron chi connectivity index (χ1n) is 9.63. The SMILES string of the molecule is CC(=O)NCc1c(C)ncc2c1CCN(C(=O)c1csc3c1CCCC3)C2. The summed E-state index contributed by atoms with van der Waals surface area (Å²) in [4.78, 5) is 32.3. The summed E-state index contributed by atoms with van der Waals surface area (Å²) in [6.45, 7) is 5.32. The van der Waals surface area contributed by atoms with Gasteiger partial charge in [0.25, 0.3) is 5.91 Å². The summed E-state index contributed by atoms with van der Waals surface area (Å²) in [6, 6.07) is 0. The van der Waals surface area contributed by atoms with Crippen LogP contribution in [0, 0.1) is 6.92 Å². The fraction of sp³-hybridized carbons (Fsp3) is 0.476. The van der Waals surface area contributed by atoms with Gasteiger partial charge in [-0.25, -0.2) is 0 Å². The van der Waals surface area contributed by atoms with Gasteiger partial charge in [0.1, 0.15) is 0 Å². The van der Waals surface area contributed by atoms with Crippen LogP contribution in [-0.2, 0) is 37.1 Å². The predicted octanol–water partition coefficient (Wildman–Crippen LogP) is 3.16. The number of hydrogen-bond acceptors (Lipinski definition) is 4. The molecule has 2 amide bonds. The Balaban J connectivity index is 1.56. The summed E-state index contributed by atoms with van der Waals surface area (Å²) in [5, 5.41) is 4.94. The van der Waals surface area contributed by atoms with Crippen molar-refractivity contribution >= 4 is 23.2 Å². The molecule has 0 radical (unpaired) electrons. The molecular weight excluding hydrogens is 358 g/mol. The highest BCUT2D eigenvalue weighted by molar-refractivity contribution is 7.10. The molecule has 1 aliphatic heterocycles. The number of fused-ring (bicyclic) bond motifs is 2. The Morgan fingerprint density at radius 3 is 2.85 bits per heavy atom. The molecule has 142 valence electrons. The van der Waals surface area contributed by atoms with Crippen molar-refractivity contribution in [3.63, 3.8) is 0 Å². The minimum atomic E-state index is -0.0400. The number of aryl methyl sites for hydroxylation is 2. The van der Waals surface area contributed by atoms with E-state index < -0.39 is 0 Å². The lowest BCUT2D eigenvalue weighted by molar-refractivity contribution is -0.119. The maximum Gasteiger partial charge on any atom is 0.255 e. The summed E-state index contributed by atoms with van der Waals surface area (Å²) in [5.41, 5.74) is 6.60. The number of carbonyl (C=O) groups excluding carboxylic acids is 2. The molecule has 6 heteroatoms. The highest BCUT2D eigenvalue weighted by Crippen LogP contribution is 2.32. The number of nitrogens with one attached hydrogen (secondary N) is 1. The largest absolute Gasteiger partial charge is 0.352 e. The van der Waals surface area contributed by atoms with E-state index in [0.29, 0.717) is 19.6 Å². The molecule has 0 fully saturated rings. The van der Waals surface area contributed by atoms with E-state index in [-0.39, 0.29) is 11.8 Å². The maximum absolute atomic E-state index is 13.2. The zero-order chi connectivity index (χ0) is 19.0. The van der Waals surface area contributed by atoms with Crippen molar-refractivity contribution in [2.24, 2.45) is 0 Å². The number of carbonyl (C=O) groups is 2. The van der Waals surface area contributed by atoms with Gasteiger partial charge in [-0.3, -0.25) is 14.6 Å². The molecule has 0 spiro atoms. The third-order valence-corrected chi connectivity index (χ3v) is 6.78. The number of amides is 2. The van der Waals surface area contributed by atoms with E-state index in [4.69, 9.17) is 0 Å². The van der Waals surface area contributed by atoms with Gasteiger partial charge in [-0.2, -0.15) is 0 Å². The molecule has 2 aromatic heterocycles. The monoisotopic (exact) mass is 383 g/mol. The van der Waals surface area contributed by atoms with Crippen molar-refractivity contribution in [3.05, 3.63) is 50.0 Å². The average molecular weight is 384 g/mol. The van der Waals surface area contributed by atoms with Crippen molar-refractivity contribution in [2.45, 2.75) is 59.0 Å². The Kier molecular flexibility index (Phi) is 5.00. The number of pyridine rings is 1. The minimum absolute atomic E-state index is 0.0400. The lowest BCUT2D eigenvalue weighted by atomic mass is 9.93. The molecule has 5 nitrogen and oxygen atoms in total. The van der Waals surface area contributed by atoms with Gasteiger partial charge < -0.3 is 10.2 Å². The van der Waals surface area contributed by atoms with E-state index >= 15 is 0 Å². The van der Waals surface area contributed by atoms with Crippen molar-refractivity contribution in [2.75, 3.05) is 6.54 Å². The number of nitrogens with zero attached hydrogens (tertiary/aromatic N) is 2. The number of thiophene rings is 1. The third kappa shape index (κ3) is 3.50. The van der Waals surface area contributed by atoms with Crippen LogP contribution in [0.3, 0.4) is 0 Å². The second kappa shape index (κ2) is 7.43. The topological polar surface area (TPSA) is 62.3 Å². The van der Waals surface area contributed by atoms with Crippen LogP contribution in [0.1, 0.15) is 62.9 Å². The Hall–Kier alpha value is -2.21. The Morgan fingerprint density at radius 1 is 1.22 bits per heavy atom. The zero-order valence-electron chi connectivity index (χ0n) is 15.9. The molecule has 4 rings (SSSR count). The van der Waals surface area contributed by atoms with E-state index in [1.165, 1.54) is 35.8 Å². The van der Waals surface area contributed by atoms with Crippen molar-refractivity contribution in [1.82, 2.24) is 15.2 Å². The normalized spacial score (nSPS) is 15.9. The quantitative estimate of drug-likeness (QED) is 0.886. The first kappa shape index (κ1) is 18.2. The summed E-state index contributed by atoms with van der Waals surface area (Å²) >= 11 is 1.74. The van der Waals surface area contributed by atoms with E-state index in [0.717, 1.165) is 41.6 Å². The highest BCUT2D eigenvalue weighted by atomic mass is 32.1. The fourth-order valence-electron chi connectivity index (χ4n) is 4.19. The molecule has 0 saturated carbocycles. The van der Waals surface area contributed by atoms with Crippen molar-refractivity contribution < 1.29 is 9.59 Å².